The van der Waals surface area contributed by atoms with Crippen molar-refractivity contribution in [2.45, 2.75) is 43.9 Å². The molecule has 1 fully saturated rings. The molecule has 0 radical (unpaired) electrons. The van der Waals surface area contributed by atoms with Crippen molar-refractivity contribution in [2.75, 3.05) is 13.2 Å². The molecule has 34 heavy (non-hydrogen) atoms. The number of benzene rings is 2. The Balaban J connectivity index is 1.76. The van der Waals surface area contributed by atoms with Crippen molar-refractivity contribution < 1.29 is 24.2 Å². The summed E-state index contributed by atoms with van der Waals surface area (Å²) in [5.41, 5.74) is 5.66. The van der Waals surface area contributed by atoms with Gasteiger partial charge in [0.25, 0.3) is 5.69 Å². The van der Waals surface area contributed by atoms with E-state index in [-0.39, 0.29) is 29.5 Å². The number of ether oxygens (including phenoxy) is 3. The van der Waals surface area contributed by atoms with E-state index in [4.69, 9.17) is 19.9 Å². The molecule has 2 aliphatic rings. The summed E-state index contributed by atoms with van der Waals surface area (Å²) in [4.78, 5) is 16.2. The third-order valence-corrected chi connectivity index (χ3v) is 5.93. The van der Waals surface area contributed by atoms with Crippen LogP contribution in [0.2, 0.25) is 0 Å². The Morgan fingerprint density at radius 1 is 1.32 bits per heavy atom. The van der Waals surface area contributed by atoms with Crippen LogP contribution in [0.15, 0.2) is 53.5 Å². The minimum atomic E-state index is -1.43. The number of fused-ring (bicyclic) bond motifs is 1. The van der Waals surface area contributed by atoms with E-state index in [1.54, 1.807) is 6.92 Å². The van der Waals surface area contributed by atoms with E-state index in [0.717, 1.165) is 10.5 Å². The molecule has 178 valence electrons. The van der Waals surface area contributed by atoms with Crippen LogP contribution in [0.1, 0.15) is 30.5 Å². The summed E-state index contributed by atoms with van der Waals surface area (Å²) in [5.74, 6) is 0.0971. The number of aliphatic imine (C=N–C) groups is 1. The normalized spacial score (nSPS) is 25.0. The van der Waals surface area contributed by atoms with Crippen LogP contribution in [0.5, 0.6) is 5.75 Å². The van der Waals surface area contributed by atoms with Crippen LogP contribution in [-0.4, -0.2) is 52.1 Å². The molecule has 2 aliphatic heterocycles. The second-order valence-electron chi connectivity index (χ2n) is 8.21. The fraction of sp³-hybridized carbons (Fsp3) is 0.391. The van der Waals surface area contributed by atoms with Gasteiger partial charge >= 0.3 is 0 Å². The Morgan fingerprint density at radius 2 is 2.03 bits per heavy atom. The summed E-state index contributed by atoms with van der Waals surface area (Å²) < 4.78 is 17.5. The molecular weight excluding hydrogens is 442 g/mol. The van der Waals surface area contributed by atoms with Crippen LogP contribution in [0.4, 0.5) is 5.69 Å². The van der Waals surface area contributed by atoms with Crippen molar-refractivity contribution in [1.29, 1.82) is 5.26 Å². The van der Waals surface area contributed by atoms with Crippen LogP contribution in [-0.2, 0) is 16.0 Å². The quantitative estimate of drug-likeness (QED) is 0.168. The molecule has 11 heteroatoms. The molecule has 3 unspecified atom stereocenters. The number of aliphatic hydroxyl groups excluding tert-OH is 1. The van der Waals surface area contributed by atoms with Gasteiger partial charge in [-0.1, -0.05) is 30.3 Å². The lowest BCUT2D eigenvalue weighted by Gasteiger charge is -2.49. The molecular formula is C23H25N5O6. The molecule has 3 atom stereocenters. The standard InChI is InChI=1S/C23H25N5O6/c1-23(21-32-10-5-11-33-21)20(29)19(17-12-16(28(30)31)8-9-18(17)34-23)27(14-24)22(25)26-13-15-6-3-2-4-7-15/h2-4,6-9,12,19-21,29H,5,10-11,13H2,1H3,(H2,25,26). The van der Waals surface area contributed by atoms with E-state index in [9.17, 15) is 20.5 Å². The van der Waals surface area contributed by atoms with Gasteiger partial charge in [0.05, 0.1) is 24.7 Å². The van der Waals surface area contributed by atoms with Gasteiger partial charge in [0.15, 0.2) is 18.1 Å². The molecule has 0 amide bonds. The third-order valence-electron chi connectivity index (χ3n) is 5.93. The maximum absolute atomic E-state index is 11.5. The fourth-order valence-electron chi connectivity index (χ4n) is 4.13. The molecule has 2 aromatic rings. The second kappa shape index (κ2) is 9.64. The smallest absolute Gasteiger partial charge is 0.270 e. The summed E-state index contributed by atoms with van der Waals surface area (Å²) in [5, 5.41) is 32.9. The average Bonchev–Trinajstić information content (AvgIpc) is 2.86. The Hall–Kier alpha value is -3.72. The van der Waals surface area contributed by atoms with Gasteiger partial charge in [-0.25, -0.2) is 9.89 Å². The second-order valence-corrected chi connectivity index (χ2v) is 8.21. The van der Waals surface area contributed by atoms with E-state index >= 15 is 0 Å². The lowest BCUT2D eigenvalue weighted by atomic mass is 9.83. The molecule has 3 N–H and O–H groups in total. The number of hydrogen-bond acceptors (Lipinski definition) is 8. The first kappa shape index (κ1) is 23.4. The van der Waals surface area contributed by atoms with Crippen molar-refractivity contribution in [3.63, 3.8) is 0 Å². The van der Waals surface area contributed by atoms with Crippen molar-refractivity contribution in [3.8, 4) is 11.9 Å². The number of nitrogens with two attached hydrogens (primary N) is 1. The lowest BCUT2D eigenvalue weighted by Crippen LogP contribution is -2.63. The van der Waals surface area contributed by atoms with Crippen LogP contribution < -0.4 is 10.5 Å². The van der Waals surface area contributed by atoms with Crippen molar-refractivity contribution in [2.24, 2.45) is 10.7 Å². The molecule has 0 saturated carbocycles. The van der Waals surface area contributed by atoms with Crippen molar-refractivity contribution in [1.82, 2.24) is 4.90 Å². The van der Waals surface area contributed by atoms with Crippen LogP contribution in [0, 0.1) is 21.6 Å². The fourth-order valence-corrected chi connectivity index (χ4v) is 4.13. The van der Waals surface area contributed by atoms with E-state index in [2.05, 4.69) is 4.99 Å². The van der Waals surface area contributed by atoms with Crippen LogP contribution in [0.3, 0.4) is 0 Å². The molecule has 2 aromatic carbocycles. The zero-order valence-corrected chi connectivity index (χ0v) is 18.5. The van der Waals surface area contributed by atoms with Crippen LogP contribution in [0.25, 0.3) is 0 Å². The third kappa shape index (κ3) is 4.38. The average molecular weight is 467 g/mol. The number of nitro groups is 1. The number of hydrogen-bond donors (Lipinski definition) is 2. The van der Waals surface area contributed by atoms with Gasteiger partial charge in [-0.05, 0) is 25.0 Å². The highest BCUT2D eigenvalue weighted by Crippen LogP contribution is 2.46. The van der Waals surface area contributed by atoms with Crippen molar-refractivity contribution >= 4 is 11.6 Å². The first-order valence-corrected chi connectivity index (χ1v) is 10.8. The van der Waals surface area contributed by atoms with Gasteiger partial charge in [-0.3, -0.25) is 10.1 Å². The van der Waals surface area contributed by atoms with E-state index in [0.29, 0.717) is 19.6 Å². The number of nitrogens with zero attached hydrogens (tertiary/aromatic N) is 4. The predicted molar refractivity (Wildman–Crippen MR) is 120 cm³/mol. The van der Waals surface area contributed by atoms with Crippen LogP contribution >= 0.6 is 0 Å². The monoisotopic (exact) mass is 467 g/mol. The van der Waals surface area contributed by atoms with E-state index in [1.807, 2.05) is 36.5 Å². The molecule has 1 saturated heterocycles. The SMILES string of the molecule is CC1(C2OCCCO2)Oc2ccc([N+](=O)[O-])cc2C(N(C#N)C(N)=NCc2ccccc2)C1O. The number of aliphatic hydroxyl groups is 1. The zero-order valence-electron chi connectivity index (χ0n) is 18.5. The highest BCUT2D eigenvalue weighted by Gasteiger charge is 2.55. The number of nitriles is 1. The molecule has 0 bridgehead atoms. The highest BCUT2D eigenvalue weighted by atomic mass is 16.7. The maximum Gasteiger partial charge on any atom is 0.270 e. The largest absolute Gasteiger partial charge is 0.479 e. The summed E-state index contributed by atoms with van der Waals surface area (Å²) >= 11 is 0. The van der Waals surface area contributed by atoms with Gasteiger partial charge in [0.1, 0.15) is 17.9 Å². The molecule has 0 aromatic heterocycles. The molecule has 0 spiro atoms. The van der Waals surface area contributed by atoms with Gasteiger partial charge < -0.3 is 25.1 Å². The van der Waals surface area contributed by atoms with Gasteiger partial charge in [-0.15, -0.1) is 0 Å². The van der Waals surface area contributed by atoms with Crippen molar-refractivity contribution in [3.05, 3.63) is 69.8 Å². The van der Waals surface area contributed by atoms with Gasteiger partial charge in [-0.2, -0.15) is 5.26 Å². The first-order chi connectivity index (χ1) is 16.3. The first-order valence-electron chi connectivity index (χ1n) is 10.8. The Kier molecular flexibility index (Phi) is 6.65. The number of rotatable bonds is 5. The Morgan fingerprint density at radius 3 is 2.68 bits per heavy atom. The molecule has 11 nitrogen and oxygen atoms in total. The molecule has 2 heterocycles. The van der Waals surface area contributed by atoms with Gasteiger partial charge in [0.2, 0.25) is 5.96 Å². The van der Waals surface area contributed by atoms with Gasteiger partial charge in [0, 0.05) is 17.7 Å². The lowest BCUT2D eigenvalue weighted by molar-refractivity contribution is -0.385. The summed E-state index contributed by atoms with van der Waals surface area (Å²) in [6.45, 7) is 2.64. The topological polar surface area (TPSA) is 156 Å². The summed E-state index contributed by atoms with van der Waals surface area (Å²) in [6, 6.07) is 12.2. The number of non-ortho nitro benzene ring substituents is 1. The zero-order chi connectivity index (χ0) is 24.3. The molecule has 0 aliphatic carbocycles. The Bertz CT molecular complexity index is 1110. The van der Waals surface area contributed by atoms with E-state index < -0.39 is 29.0 Å². The predicted octanol–water partition coefficient (Wildman–Crippen LogP) is 2.21. The minimum Gasteiger partial charge on any atom is -0.479 e. The molecule has 4 rings (SSSR count). The summed E-state index contributed by atoms with van der Waals surface area (Å²) in [7, 11) is 0. The highest BCUT2D eigenvalue weighted by molar-refractivity contribution is 5.80. The number of nitro benzene ring substituents is 1. The Labute approximate surface area is 196 Å². The maximum atomic E-state index is 11.5. The number of guanidine groups is 1. The minimum absolute atomic E-state index is 0.150. The summed E-state index contributed by atoms with van der Waals surface area (Å²) in [6.07, 6.45) is 0.339. The van der Waals surface area contributed by atoms with E-state index in [1.165, 1.54) is 18.2 Å².